The summed E-state index contributed by atoms with van der Waals surface area (Å²) in [5.41, 5.74) is 4.29. The summed E-state index contributed by atoms with van der Waals surface area (Å²) in [7, 11) is 0. The van der Waals surface area contributed by atoms with Crippen LogP contribution in [-0.4, -0.2) is 25.8 Å². The van der Waals surface area contributed by atoms with Gasteiger partial charge in [-0.05, 0) is 29.8 Å². The minimum Gasteiger partial charge on any atom is -0.353 e. The molecule has 0 unspecified atom stereocenters. The van der Waals surface area contributed by atoms with Gasteiger partial charge in [0.05, 0.1) is 46.8 Å². The van der Waals surface area contributed by atoms with Gasteiger partial charge in [-0.3, -0.25) is 14.9 Å². The number of non-ortho nitro benzene ring substituents is 1. The SMILES string of the molecule is O=C1c2ccccc2Nc2ccccc2N1Cc1cn(Cc2cccc([N+](=O)[O-])c2)nn1. The second-order valence-corrected chi connectivity index (χ2v) is 7.41. The lowest BCUT2D eigenvalue weighted by Gasteiger charge is -2.21. The van der Waals surface area contributed by atoms with E-state index in [1.54, 1.807) is 34.0 Å². The number of benzene rings is 3. The third-order valence-corrected chi connectivity index (χ3v) is 5.24. The number of para-hydroxylation sites is 3. The van der Waals surface area contributed by atoms with Crippen molar-refractivity contribution >= 4 is 28.7 Å². The van der Waals surface area contributed by atoms with Gasteiger partial charge >= 0.3 is 0 Å². The molecule has 2 heterocycles. The van der Waals surface area contributed by atoms with E-state index in [4.69, 9.17) is 0 Å². The quantitative estimate of drug-likeness (QED) is 0.380. The van der Waals surface area contributed by atoms with Crippen LogP contribution < -0.4 is 10.2 Å². The molecule has 1 aliphatic heterocycles. The molecule has 0 atom stereocenters. The Morgan fingerprint density at radius 1 is 0.938 bits per heavy atom. The maximum absolute atomic E-state index is 13.4. The predicted octanol–water partition coefficient (Wildman–Crippen LogP) is 4.14. The fraction of sp³-hybridized carbons (Fsp3) is 0.0870. The van der Waals surface area contributed by atoms with Gasteiger partial charge in [0.25, 0.3) is 11.6 Å². The van der Waals surface area contributed by atoms with E-state index in [2.05, 4.69) is 15.6 Å². The first-order valence-corrected chi connectivity index (χ1v) is 9.98. The van der Waals surface area contributed by atoms with E-state index in [0.29, 0.717) is 17.8 Å². The topological polar surface area (TPSA) is 106 Å². The molecule has 0 spiro atoms. The number of hydrogen-bond acceptors (Lipinski definition) is 6. The maximum atomic E-state index is 13.4. The number of rotatable bonds is 5. The number of carbonyl (C=O) groups excluding carboxylic acids is 1. The van der Waals surface area contributed by atoms with Crippen LogP contribution in [0.1, 0.15) is 21.6 Å². The number of fused-ring (bicyclic) bond motifs is 2. The number of hydrogen-bond donors (Lipinski definition) is 1. The van der Waals surface area contributed by atoms with Gasteiger partial charge in [-0.2, -0.15) is 0 Å². The molecular formula is C23H18N6O3. The maximum Gasteiger partial charge on any atom is 0.269 e. The first kappa shape index (κ1) is 19.4. The van der Waals surface area contributed by atoms with E-state index >= 15 is 0 Å². The van der Waals surface area contributed by atoms with Gasteiger partial charge in [0.2, 0.25) is 0 Å². The highest BCUT2D eigenvalue weighted by Gasteiger charge is 2.27. The first-order valence-electron chi connectivity index (χ1n) is 9.98. The standard InChI is InChI=1S/C23H18N6O3/c30-23-19-8-1-2-9-20(19)24-21-10-3-4-11-22(21)28(23)15-17-14-27(26-25-17)13-16-6-5-7-18(12-16)29(31)32/h1-12,14,24H,13,15H2. The first-order chi connectivity index (χ1) is 15.6. The summed E-state index contributed by atoms with van der Waals surface area (Å²) < 4.78 is 1.61. The summed E-state index contributed by atoms with van der Waals surface area (Å²) in [6, 6.07) is 21.4. The zero-order valence-corrected chi connectivity index (χ0v) is 16.9. The number of nitro benzene ring substituents is 1. The van der Waals surface area contributed by atoms with Crippen molar-refractivity contribution in [2.75, 3.05) is 10.2 Å². The molecule has 0 bridgehead atoms. The Morgan fingerprint density at radius 3 is 2.56 bits per heavy atom. The smallest absolute Gasteiger partial charge is 0.269 e. The van der Waals surface area contributed by atoms with Gasteiger partial charge in [0.1, 0.15) is 5.69 Å². The van der Waals surface area contributed by atoms with Gasteiger partial charge in [0, 0.05) is 12.1 Å². The fourth-order valence-corrected chi connectivity index (χ4v) is 3.76. The summed E-state index contributed by atoms with van der Waals surface area (Å²) in [6.45, 7) is 0.574. The van der Waals surface area contributed by atoms with E-state index in [-0.39, 0.29) is 18.1 Å². The molecule has 4 aromatic rings. The highest BCUT2D eigenvalue weighted by Crippen LogP contribution is 2.36. The number of carbonyl (C=O) groups is 1. The lowest BCUT2D eigenvalue weighted by molar-refractivity contribution is -0.384. The zero-order chi connectivity index (χ0) is 22.1. The molecule has 1 aliphatic rings. The van der Waals surface area contributed by atoms with Gasteiger partial charge in [-0.25, -0.2) is 4.68 Å². The third kappa shape index (κ3) is 3.67. The highest BCUT2D eigenvalue weighted by atomic mass is 16.6. The van der Waals surface area contributed by atoms with Gasteiger partial charge in [-0.1, -0.05) is 41.6 Å². The molecule has 0 aliphatic carbocycles. The Morgan fingerprint density at radius 2 is 1.72 bits per heavy atom. The average Bonchev–Trinajstić information content (AvgIpc) is 3.20. The normalized spacial score (nSPS) is 12.5. The average molecular weight is 426 g/mol. The lowest BCUT2D eigenvalue weighted by atomic mass is 10.1. The molecule has 9 heteroatoms. The van der Waals surface area contributed by atoms with Crippen LogP contribution in [0.15, 0.2) is 79.0 Å². The molecule has 5 rings (SSSR count). The second-order valence-electron chi connectivity index (χ2n) is 7.41. The number of nitro groups is 1. The van der Waals surface area contributed by atoms with E-state index < -0.39 is 4.92 Å². The van der Waals surface area contributed by atoms with Crippen molar-refractivity contribution in [2.45, 2.75) is 13.1 Å². The molecule has 1 N–H and O–H groups in total. The lowest BCUT2D eigenvalue weighted by Crippen LogP contribution is -2.30. The van der Waals surface area contributed by atoms with Crippen molar-refractivity contribution in [3.63, 3.8) is 0 Å². The van der Waals surface area contributed by atoms with Crippen molar-refractivity contribution in [2.24, 2.45) is 0 Å². The monoisotopic (exact) mass is 426 g/mol. The minimum absolute atomic E-state index is 0.0285. The Bertz CT molecular complexity index is 1330. The van der Waals surface area contributed by atoms with Crippen LogP contribution in [0, 0.1) is 10.1 Å². The van der Waals surface area contributed by atoms with Crippen molar-refractivity contribution in [1.29, 1.82) is 0 Å². The summed E-state index contributed by atoms with van der Waals surface area (Å²) in [6.07, 6.45) is 1.75. The number of nitrogens with zero attached hydrogens (tertiary/aromatic N) is 5. The number of amides is 1. The molecule has 0 fully saturated rings. The number of aromatic nitrogens is 3. The molecular weight excluding hydrogens is 408 g/mol. The van der Waals surface area contributed by atoms with E-state index in [1.165, 1.54) is 12.1 Å². The minimum atomic E-state index is -0.426. The van der Waals surface area contributed by atoms with Crippen LogP contribution in [0.25, 0.3) is 0 Å². The molecule has 0 radical (unpaired) electrons. The van der Waals surface area contributed by atoms with Crippen molar-refractivity contribution in [3.05, 3.63) is 106 Å². The van der Waals surface area contributed by atoms with Crippen molar-refractivity contribution in [1.82, 2.24) is 15.0 Å². The molecule has 1 amide bonds. The number of anilines is 3. The summed E-state index contributed by atoms with van der Waals surface area (Å²) >= 11 is 0. The Hall–Kier alpha value is -4.53. The largest absolute Gasteiger partial charge is 0.353 e. The molecule has 3 aromatic carbocycles. The van der Waals surface area contributed by atoms with Gasteiger partial charge < -0.3 is 10.2 Å². The van der Waals surface area contributed by atoms with Crippen LogP contribution in [0.3, 0.4) is 0 Å². The Kier molecular flexibility index (Phi) is 4.83. The van der Waals surface area contributed by atoms with E-state index in [9.17, 15) is 14.9 Å². The molecule has 0 saturated heterocycles. The van der Waals surface area contributed by atoms with Crippen LogP contribution in [0.2, 0.25) is 0 Å². The Balaban J connectivity index is 1.43. The third-order valence-electron chi connectivity index (χ3n) is 5.24. The van der Waals surface area contributed by atoms with Crippen molar-refractivity contribution in [3.8, 4) is 0 Å². The van der Waals surface area contributed by atoms with Crippen LogP contribution >= 0.6 is 0 Å². The van der Waals surface area contributed by atoms with Crippen LogP contribution in [0.5, 0.6) is 0 Å². The highest BCUT2D eigenvalue weighted by molar-refractivity contribution is 6.13. The van der Waals surface area contributed by atoms with Gasteiger partial charge in [-0.15, -0.1) is 5.10 Å². The summed E-state index contributed by atoms with van der Waals surface area (Å²) in [5.74, 6) is -0.133. The summed E-state index contributed by atoms with van der Waals surface area (Å²) in [4.78, 5) is 25.6. The van der Waals surface area contributed by atoms with Crippen LogP contribution in [-0.2, 0) is 13.1 Å². The Labute approximate surface area is 183 Å². The fourth-order valence-electron chi connectivity index (χ4n) is 3.76. The molecule has 158 valence electrons. The summed E-state index contributed by atoms with van der Waals surface area (Å²) in [5, 5.41) is 22.7. The van der Waals surface area contributed by atoms with Gasteiger partial charge in [0.15, 0.2) is 0 Å². The zero-order valence-electron chi connectivity index (χ0n) is 16.9. The van der Waals surface area contributed by atoms with E-state index in [0.717, 1.165) is 22.6 Å². The second kappa shape index (κ2) is 7.95. The molecule has 0 saturated carbocycles. The van der Waals surface area contributed by atoms with E-state index in [1.807, 2.05) is 42.5 Å². The number of nitrogens with one attached hydrogen (secondary N) is 1. The molecule has 32 heavy (non-hydrogen) atoms. The molecule has 1 aromatic heterocycles. The van der Waals surface area contributed by atoms with Crippen LogP contribution in [0.4, 0.5) is 22.7 Å². The molecule has 9 nitrogen and oxygen atoms in total. The van der Waals surface area contributed by atoms with Crippen molar-refractivity contribution < 1.29 is 9.72 Å². The predicted molar refractivity (Wildman–Crippen MR) is 119 cm³/mol.